The van der Waals surface area contributed by atoms with Gasteiger partial charge in [0.15, 0.2) is 17.3 Å². The second-order valence-corrected chi connectivity index (χ2v) is 3.89. The number of rotatable bonds is 4. The van der Waals surface area contributed by atoms with E-state index in [1.54, 1.807) is 0 Å². The number of esters is 2. The highest BCUT2D eigenvalue weighted by molar-refractivity contribution is 6.34. The summed E-state index contributed by atoms with van der Waals surface area (Å²) < 4.78 is 23.5. The lowest BCUT2D eigenvalue weighted by Gasteiger charge is -2.13. The highest BCUT2D eigenvalue weighted by Gasteiger charge is 2.28. The summed E-state index contributed by atoms with van der Waals surface area (Å²) in [6.45, 7) is 6.27. The zero-order valence-corrected chi connectivity index (χ0v) is 11.6. The number of benzene rings is 1. The van der Waals surface area contributed by atoms with E-state index >= 15 is 0 Å². The Bertz CT molecular complexity index is 714. The molecule has 0 aliphatic heterocycles. The molecule has 1 aromatic carbocycles. The fraction of sp³-hybridized carbons (Fsp3) is 0. The third-order valence-corrected chi connectivity index (χ3v) is 2.60. The van der Waals surface area contributed by atoms with Crippen LogP contribution in [0.2, 0.25) is 5.02 Å². The minimum absolute atomic E-state index is 0.583. The highest BCUT2D eigenvalue weighted by Crippen LogP contribution is 2.42. The maximum atomic E-state index is 14.1. The van der Waals surface area contributed by atoms with Crippen molar-refractivity contribution in [1.82, 2.24) is 0 Å². The van der Waals surface area contributed by atoms with Crippen LogP contribution < -0.4 is 9.47 Å². The Morgan fingerprint density at radius 2 is 1.41 bits per heavy atom. The maximum Gasteiger partial charge on any atom is 0.335 e. The monoisotopic (exact) mass is 320 g/mol. The Balaban J connectivity index is 3.71. The van der Waals surface area contributed by atoms with Gasteiger partial charge in [-0.1, -0.05) is 24.8 Å². The van der Waals surface area contributed by atoms with Crippen LogP contribution in [0.1, 0.15) is 11.1 Å². The predicted octanol–water partition coefficient (Wildman–Crippen LogP) is 2.41. The molecule has 0 bridgehead atoms. The van der Waals surface area contributed by atoms with Gasteiger partial charge in [0.2, 0.25) is 0 Å². The number of carbonyl (C=O) groups is 2. The van der Waals surface area contributed by atoms with Crippen LogP contribution in [0.3, 0.4) is 0 Å². The summed E-state index contributed by atoms with van der Waals surface area (Å²) in [4.78, 5) is 22.5. The second kappa shape index (κ2) is 7.02. The standard InChI is InChI=1S/C14H6ClFN2O4/c1-3-9(19)21-13-7(5-17)12(16)8(6-18)14(11(13)15)22-10(20)4-2/h3-4H,1-2H2. The molecule has 0 N–H and O–H groups in total. The third kappa shape index (κ3) is 3.11. The molecule has 22 heavy (non-hydrogen) atoms. The van der Waals surface area contributed by atoms with Gasteiger partial charge in [-0.15, -0.1) is 0 Å². The number of hydrogen-bond acceptors (Lipinski definition) is 6. The molecular formula is C14H6ClFN2O4. The average Bonchev–Trinajstić information content (AvgIpc) is 2.52. The zero-order valence-electron chi connectivity index (χ0n) is 10.9. The molecule has 0 fully saturated rings. The number of nitrogens with zero attached hydrogens (tertiary/aromatic N) is 2. The topological polar surface area (TPSA) is 100 Å². The fourth-order valence-electron chi connectivity index (χ4n) is 1.32. The molecule has 0 aromatic heterocycles. The van der Waals surface area contributed by atoms with Crippen LogP contribution >= 0.6 is 11.6 Å². The minimum atomic E-state index is -1.34. The van der Waals surface area contributed by atoms with Crippen LogP contribution in [-0.4, -0.2) is 11.9 Å². The van der Waals surface area contributed by atoms with Gasteiger partial charge >= 0.3 is 11.9 Å². The summed E-state index contributed by atoms with van der Waals surface area (Å²) in [5.74, 6) is -4.75. The fourth-order valence-corrected chi connectivity index (χ4v) is 1.59. The first-order valence-corrected chi connectivity index (χ1v) is 5.82. The van der Waals surface area contributed by atoms with Crippen LogP contribution in [0.5, 0.6) is 11.5 Å². The van der Waals surface area contributed by atoms with Crippen LogP contribution in [0.25, 0.3) is 0 Å². The molecule has 0 spiro atoms. The van der Waals surface area contributed by atoms with E-state index < -0.39 is 45.4 Å². The van der Waals surface area contributed by atoms with Crippen molar-refractivity contribution in [3.8, 4) is 23.6 Å². The van der Waals surface area contributed by atoms with Crippen LogP contribution in [0.4, 0.5) is 4.39 Å². The Kier molecular flexibility index (Phi) is 5.39. The van der Waals surface area contributed by atoms with Crippen LogP contribution in [-0.2, 0) is 9.59 Å². The van der Waals surface area contributed by atoms with E-state index in [4.69, 9.17) is 22.1 Å². The average molecular weight is 321 g/mol. The molecule has 1 rings (SSSR count). The molecule has 0 saturated carbocycles. The largest absolute Gasteiger partial charge is 0.420 e. The summed E-state index contributed by atoms with van der Waals surface area (Å²) in [5.41, 5.74) is -1.56. The number of carbonyl (C=O) groups excluding carboxylic acids is 2. The molecule has 0 heterocycles. The molecule has 0 aliphatic rings. The molecule has 6 nitrogen and oxygen atoms in total. The molecule has 110 valence electrons. The van der Waals surface area contributed by atoms with Gasteiger partial charge in [0.1, 0.15) is 28.3 Å². The maximum absolute atomic E-state index is 14.1. The molecular weight excluding hydrogens is 315 g/mol. The first kappa shape index (κ1) is 16.9. The van der Waals surface area contributed by atoms with E-state index in [0.717, 1.165) is 12.2 Å². The minimum Gasteiger partial charge on any atom is -0.420 e. The van der Waals surface area contributed by atoms with Crippen molar-refractivity contribution >= 4 is 23.5 Å². The smallest absolute Gasteiger partial charge is 0.335 e. The van der Waals surface area contributed by atoms with Crippen molar-refractivity contribution in [2.75, 3.05) is 0 Å². The summed E-state index contributed by atoms with van der Waals surface area (Å²) in [6.07, 6.45) is 1.51. The van der Waals surface area contributed by atoms with Gasteiger partial charge in [-0.2, -0.15) is 10.5 Å². The van der Waals surface area contributed by atoms with Crippen molar-refractivity contribution in [2.24, 2.45) is 0 Å². The molecule has 0 aliphatic carbocycles. The van der Waals surface area contributed by atoms with E-state index in [-0.39, 0.29) is 0 Å². The van der Waals surface area contributed by atoms with E-state index in [2.05, 4.69) is 22.6 Å². The Hall–Kier alpha value is -3.16. The lowest BCUT2D eigenvalue weighted by Crippen LogP contribution is -2.11. The Morgan fingerprint density at radius 3 is 1.68 bits per heavy atom. The van der Waals surface area contributed by atoms with E-state index in [9.17, 15) is 14.0 Å². The molecule has 8 heteroatoms. The quantitative estimate of drug-likeness (QED) is 0.479. The van der Waals surface area contributed by atoms with Crippen LogP contribution in [0.15, 0.2) is 25.3 Å². The first-order valence-electron chi connectivity index (χ1n) is 5.44. The second-order valence-electron chi connectivity index (χ2n) is 3.51. The number of hydrogen-bond donors (Lipinski definition) is 0. The van der Waals surface area contributed by atoms with E-state index in [0.29, 0.717) is 0 Å². The van der Waals surface area contributed by atoms with Crippen molar-refractivity contribution in [3.05, 3.63) is 47.3 Å². The lowest BCUT2D eigenvalue weighted by atomic mass is 10.1. The van der Waals surface area contributed by atoms with Gasteiger partial charge in [-0.05, 0) is 0 Å². The molecule has 0 unspecified atom stereocenters. The number of nitriles is 2. The summed E-state index contributed by atoms with van der Waals surface area (Å²) in [5, 5.41) is 17.3. The Morgan fingerprint density at radius 1 is 1.05 bits per heavy atom. The van der Waals surface area contributed by atoms with Crippen molar-refractivity contribution in [2.45, 2.75) is 0 Å². The SMILES string of the molecule is C=CC(=O)Oc1c(Cl)c(OC(=O)C=C)c(C#N)c(F)c1C#N. The third-order valence-electron chi connectivity index (χ3n) is 2.25. The highest BCUT2D eigenvalue weighted by atomic mass is 35.5. The van der Waals surface area contributed by atoms with Crippen LogP contribution in [0, 0.1) is 28.5 Å². The molecule has 1 aromatic rings. The van der Waals surface area contributed by atoms with Gasteiger partial charge in [0.05, 0.1) is 0 Å². The van der Waals surface area contributed by atoms with E-state index in [1.807, 2.05) is 0 Å². The summed E-state index contributed by atoms with van der Waals surface area (Å²) in [6, 6.07) is 2.84. The van der Waals surface area contributed by atoms with Gasteiger partial charge in [0, 0.05) is 12.2 Å². The van der Waals surface area contributed by atoms with E-state index in [1.165, 1.54) is 12.1 Å². The number of halogens is 2. The predicted molar refractivity (Wildman–Crippen MR) is 72.5 cm³/mol. The number of ether oxygens (including phenoxy) is 2. The van der Waals surface area contributed by atoms with Gasteiger partial charge in [0.25, 0.3) is 0 Å². The van der Waals surface area contributed by atoms with Crippen molar-refractivity contribution in [3.63, 3.8) is 0 Å². The van der Waals surface area contributed by atoms with Gasteiger partial charge in [-0.3, -0.25) is 0 Å². The Labute approximate surface area is 129 Å². The molecule has 0 saturated heterocycles. The molecule has 0 radical (unpaired) electrons. The lowest BCUT2D eigenvalue weighted by molar-refractivity contribution is -0.129. The zero-order chi connectivity index (χ0) is 16.9. The summed E-state index contributed by atoms with van der Waals surface area (Å²) >= 11 is 5.86. The summed E-state index contributed by atoms with van der Waals surface area (Å²) in [7, 11) is 0. The first-order chi connectivity index (χ1) is 10.4. The van der Waals surface area contributed by atoms with Crippen molar-refractivity contribution < 1.29 is 23.5 Å². The van der Waals surface area contributed by atoms with Crippen molar-refractivity contribution in [1.29, 1.82) is 10.5 Å². The normalized spacial score (nSPS) is 9.09. The van der Waals surface area contributed by atoms with Gasteiger partial charge < -0.3 is 9.47 Å². The molecule has 0 amide bonds. The molecule has 0 atom stereocenters. The van der Waals surface area contributed by atoms with Gasteiger partial charge in [-0.25, -0.2) is 14.0 Å².